The molecule has 1 heterocycles. The summed E-state index contributed by atoms with van der Waals surface area (Å²) in [5.41, 5.74) is 2.56. The van der Waals surface area contributed by atoms with Crippen molar-refractivity contribution in [3.63, 3.8) is 0 Å². The maximum atomic E-state index is 12.6. The van der Waals surface area contributed by atoms with Crippen molar-refractivity contribution in [2.24, 2.45) is 5.92 Å². The number of nitrogens with one attached hydrogen (secondary N) is 1. The summed E-state index contributed by atoms with van der Waals surface area (Å²) in [7, 11) is 0. The number of carboxylic acid groups (broad SMARTS) is 1. The molecule has 3 unspecified atom stereocenters. The van der Waals surface area contributed by atoms with Crippen LogP contribution in [0.15, 0.2) is 12.1 Å². The molecule has 1 aromatic rings. The van der Waals surface area contributed by atoms with Crippen LogP contribution in [0.4, 0.5) is 5.69 Å². The second kappa shape index (κ2) is 7.34. The summed E-state index contributed by atoms with van der Waals surface area (Å²) in [5.74, 6) is -0.634. The molecule has 2 fully saturated rings. The molecule has 5 nitrogen and oxygen atoms in total. The van der Waals surface area contributed by atoms with Gasteiger partial charge in [0.1, 0.15) is 6.04 Å². The molecule has 0 bridgehead atoms. The minimum atomic E-state index is -0.827. The highest BCUT2D eigenvalue weighted by Crippen LogP contribution is 2.39. The molecule has 1 aromatic carbocycles. The van der Waals surface area contributed by atoms with E-state index in [1.807, 2.05) is 30.9 Å². The molecule has 1 aliphatic carbocycles. The molecule has 1 aliphatic heterocycles. The van der Waals surface area contributed by atoms with Crippen LogP contribution in [0.2, 0.25) is 5.02 Å². The smallest absolute Gasteiger partial charge is 0.320 e. The van der Waals surface area contributed by atoms with Gasteiger partial charge in [0.25, 0.3) is 0 Å². The van der Waals surface area contributed by atoms with Gasteiger partial charge in [-0.15, -0.1) is 0 Å². The highest BCUT2D eigenvalue weighted by Gasteiger charge is 2.45. The highest BCUT2D eigenvalue weighted by atomic mass is 35.5. The van der Waals surface area contributed by atoms with E-state index in [0.717, 1.165) is 36.8 Å². The molecule has 0 radical (unpaired) electrons. The molecule has 0 aromatic heterocycles. The number of hydrogen-bond acceptors (Lipinski definition) is 3. The van der Waals surface area contributed by atoms with Gasteiger partial charge in [-0.3, -0.25) is 14.5 Å². The number of rotatable bonds is 4. The molecule has 2 aliphatic rings. The van der Waals surface area contributed by atoms with Crippen molar-refractivity contribution in [3.05, 3.63) is 28.3 Å². The number of hydrogen-bond donors (Lipinski definition) is 2. The third kappa shape index (κ3) is 3.82. The Kier molecular flexibility index (Phi) is 5.35. The number of benzene rings is 1. The molecule has 136 valence electrons. The van der Waals surface area contributed by atoms with E-state index >= 15 is 0 Å². The first-order valence-corrected chi connectivity index (χ1v) is 9.29. The largest absolute Gasteiger partial charge is 0.480 e. The normalized spacial score (nSPS) is 26.3. The quantitative estimate of drug-likeness (QED) is 0.856. The Hall–Kier alpha value is -1.59. The van der Waals surface area contributed by atoms with Gasteiger partial charge in [0.15, 0.2) is 0 Å². The topological polar surface area (TPSA) is 69.6 Å². The molecule has 3 rings (SSSR count). The van der Waals surface area contributed by atoms with Crippen LogP contribution in [-0.4, -0.2) is 40.5 Å². The maximum absolute atomic E-state index is 12.6. The van der Waals surface area contributed by atoms with Crippen LogP contribution in [0.1, 0.15) is 43.2 Å². The van der Waals surface area contributed by atoms with E-state index in [1.165, 1.54) is 0 Å². The Labute approximate surface area is 153 Å². The van der Waals surface area contributed by atoms with Crippen LogP contribution in [0.5, 0.6) is 0 Å². The van der Waals surface area contributed by atoms with Gasteiger partial charge in [-0.1, -0.05) is 30.5 Å². The summed E-state index contributed by atoms with van der Waals surface area (Å²) >= 11 is 6.26. The molecule has 0 spiro atoms. The van der Waals surface area contributed by atoms with Gasteiger partial charge in [-0.2, -0.15) is 0 Å². The van der Waals surface area contributed by atoms with E-state index in [4.69, 9.17) is 11.6 Å². The first-order chi connectivity index (χ1) is 11.9. The standard InChI is InChI=1S/C19H25ClN2O3/c1-11-7-12(2)18(14(20)8-11)21-17(23)10-22-15-6-4-3-5-13(15)9-16(22)19(24)25/h7-8,13,15-16H,3-6,9-10H2,1-2H3,(H,21,23)(H,24,25). The molecule has 1 amide bonds. The van der Waals surface area contributed by atoms with E-state index in [2.05, 4.69) is 5.32 Å². The summed E-state index contributed by atoms with van der Waals surface area (Å²) in [6.45, 7) is 3.96. The number of fused-ring (bicyclic) bond motifs is 1. The van der Waals surface area contributed by atoms with Crippen molar-refractivity contribution in [2.45, 2.75) is 58.0 Å². The molecule has 2 N–H and O–H groups in total. The lowest BCUT2D eigenvalue weighted by Gasteiger charge is -2.32. The fourth-order valence-electron chi connectivity index (χ4n) is 4.44. The van der Waals surface area contributed by atoms with Crippen LogP contribution in [0, 0.1) is 19.8 Å². The average Bonchev–Trinajstić information content (AvgIpc) is 2.90. The summed E-state index contributed by atoms with van der Waals surface area (Å²) in [6.07, 6.45) is 4.96. The lowest BCUT2D eigenvalue weighted by atomic mass is 9.85. The fourth-order valence-corrected chi connectivity index (χ4v) is 4.81. The number of nitrogens with zero attached hydrogens (tertiary/aromatic N) is 1. The molecule has 1 saturated carbocycles. The Bertz CT molecular complexity index is 668. The van der Waals surface area contributed by atoms with Crippen molar-refractivity contribution in [3.8, 4) is 0 Å². The van der Waals surface area contributed by atoms with Crippen molar-refractivity contribution in [1.29, 1.82) is 0 Å². The zero-order valence-electron chi connectivity index (χ0n) is 14.7. The summed E-state index contributed by atoms with van der Waals surface area (Å²) in [5, 5.41) is 13.0. The molecule has 6 heteroatoms. The maximum Gasteiger partial charge on any atom is 0.320 e. The van der Waals surface area contributed by atoms with Crippen LogP contribution in [-0.2, 0) is 9.59 Å². The second-order valence-corrected chi connectivity index (χ2v) is 7.77. The first-order valence-electron chi connectivity index (χ1n) is 8.92. The fraction of sp³-hybridized carbons (Fsp3) is 0.579. The second-order valence-electron chi connectivity index (χ2n) is 7.36. The number of anilines is 1. The van der Waals surface area contributed by atoms with E-state index in [0.29, 0.717) is 23.0 Å². The minimum Gasteiger partial charge on any atom is -0.480 e. The number of aryl methyl sites for hydroxylation is 2. The monoisotopic (exact) mass is 364 g/mol. The predicted octanol–water partition coefficient (Wildman–Crippen LogP) is 3.61. The van der Waals surface area contributed by atoms with E-state index in [1.54, 1.807) is 0 Å². The van der Waals surface area contributed by atoms with E-state index in [9.17, 15) is 14.7 Å². The van der Waals surface area contributed by atoms with Crippen molar-refractivity contribution >= 4 is 29.2 Å². The summed E-state index contributed by atoms with van der Waals surface area (Å²) in [4.78, 5) is 26.1. The average molecular weight is 365 g/mol. The van der Waals surface area contributed by atoms with Gasteiger partial charge < -0.3 is 10.4 Å². The van der Waals surface area contributed by atoms with Crippen molar-refractivity contribution < 1.29 is 14.7 Å². The van der Waals surface area contributed by atoms with Crippen LogP contribution in [0.25, 0.3) is 0 Å². The molecular weight excluding hydrogens is 340 g/mol. The van der Waals surface area contributed by atoms with Gasteiger partial charge in [0.2, 0.25) is 5.91 Å². The Balaban J connectivity index is 1.74. The van der Waals surface area contributed by atoms with Crippen LogP contribution < -0.4 is 5.32 Å². The van der Waals surface area contributed by atoms with Crippen LogP contribution >= 0.6 is 11.6 Å². The third-order valence-corrected chi connectivity index (χ3v) is 5.83. The number of carboxylic acids is 1. The number of carbonyl (C=O) groups is 2. The Morgan fingerprint density at radius 2 is 2.00 bits per heavy atom. The number of likely N-dealkylation sites (tertiary alicyclic amines) is 1. The zero-order valence-corrected chi connectivity index (χ0v) is 15.5. The Morgan fingerprint density at radius 3 is 2.68 bits per heavy atom. The first kappa shape index (κ1) is 18.2. The van der Waals surface area contributed by atoms with Gasteiger partial charge >= 0.3 is 5.97 Å². The Morgan fingerprint density at radius 1 is 1.28 bits per heavy atom. The summed E-state index contributed by atoms with van der Waals surface area (Å²) < 4.78 is 0. The van der Waals surface area contributed by atoms with Crippen molar-refractivity contribution in [1.82, 2.24) is 4.90 Å². The predicted molar refractivity (Wildman–Crippen MR) is 98.0 cm³/mol. The molecular formula is C19H25ClN2O3. The van der Waals surface area contributed by atoms with Gasteiger partial charge in [-0.25, -0.2) is 0 Å². The minimum absolute atomic E-state index is 0.0990. The number of aliphatic carboxylic acids is 1. The highest BCUT2D eigenvalue weighted by molar-refractivity contribution is 6.34. The molecule has 25 heavy (non-hydrogen) atoms. The zero-order chi connectivity index (χ0) is 18.1. The van der Waals surface area contributed by atoms with Gasteiger partial charge in [0.05, 0.1) is 17.3 Å². The lowest BCUT2D eigenvalue weighted by molar-refractivity contribution is -0.143. The lowest BCUT2D eigenvalue weighted by Crippen LogP contribution is -2.46. The van der Waals surface area contributed by atoms with Gasteiger partial charge in [-0.05, 0) is 56.2 Å². The summed E-state index contributed by atoms with van der Waals surface area (Å²) in [6, 6.07) is 3.43. The van der Waals surface area contributed by atoms with Crippen molar-refractivity contribution in [2.75, 3.05) is 11.9 Å². The van der Waals surface area contributed by atoms with E-state index < -0.39 is 12.0 Å². The number of amides is 1. The number of carbonyl (C=O) groups excluding carboxylic acids is 1. The third-order valence-electron chi connectivity index (χ3n) is 5.53. The number of halogens is 1. The molecule has 1 saturated heterocycles. The SMILES string of the molecule is Cc1cc(C)c(NC(=O)CN2C(C(=O)O)CC3CCCCC32)c(Cl)c1. The van der Waals surface area contributed by atoms with Gasteiger partial charge in [0, 0.05) is 6.04 Å². The van der Waals surface area contributed by atoms with E-state index in [-0.39, 0.29) is 18.5 Å². The molecule has 3 atom stereocenters. The van der Waals surface area contributed by atoms with Crippen LogP contribution in [0.3, 0.4) is 0 Å².